The molecule has 2 N–H and O–H groups in total. The number of nitrogens with one attached hydrogen (secondary N) is 1. The highest BCUT2D eigenvalue weighted by Crippen LogP contribution is 2.33. The van der Waals surface area contributed by atoms with Gasteiger partial charge < -0.3 is 5.11 Å². The highest BCUT2D eigenvalue weighted by Gasteiger charge is 2.40. The second-order valence-corrected chi connectivity index (χ2v) is 2.72. The third-order valence-corrected chi connectivity index (χ3v) is 1.88. The fourth-order valence-corrected chi connectivity index (χ4v) is 0.862. The van der Waals surface area contributed by atoms with Crippen molar-refractivity contribution in [2.75, 3.05) is 13.2 Å². The summed E-state index contributed by atoms with van der Waals surface area (Å²) in [4.78, 5) is 0. The van der Waals surface area contributed by atoms with Crippen molar-refractivity contribution < 1.29 is 5.11 Å². The minimum Gasteiger partial charge on any atom is -0.394 e. The molecule has 1 fully saturated rings. The van der Waals surface area contributed by atoms with Crippen LogP contribution in [0.5, 0.6) is 0 Å². The Bertz CT molecular complexity index is 162. The van der Waals surface area contributed by atoms with Crippen LogP contribution in [0.4, 0.5) is 0 Å². The Morgan fingerprint density at radius 2 is 2.30 bits per heavy atom. The molecule has 1 aliphatic carbocycles. The van der Waals surface area contributed by atoms with E-state index >= 15 is 0 Å². The summed E-state index contributed by atoms with van der Waals surface area (Å²) in [7, 11) is 0. The topological polar surface area (TPSA) is 32.3 Å². The summed E-state index contributed by atoms with van der Waals surface area (Å²) in [6.45, 7) is 2.77. The molecule has 0 bridgehead atoms. The lowest BCUT2D eigenvalue weighted by Gasteiger charge is -2.10. The van der Waals surface area contributed by atoms with E-state index < -0.39 is 0 Å². The van der Waals surface area contributed by atoms with Crippen LogP contribution < -0.4 is 5.32 Å². The average Bonchev–Trinajstić information content (AvgIpc) is 2.70. The van der Waals surface area contributed by atoms with E-state index in [9.17, 15) is 0 Å². The van der Waals surface area contributed by atoms with E-state index in [2.05, 4.69) is 17.2 Å². The van der Waals surface area contributed by atoms with Gasteiger partial charge in [0.05, 0.1) is 13.2 Å². The summed E-state index contributed by atoms with van der Waals surface area (Å²) in [5, 5.41) is 12.0. The Morgan fingerprint density at radius 3 is 2.70 bits per heavy atom. The molecule has 0 heterocycles. The smallest absolute Gasteiger partial charge is 0.0613 e. The first kappa shape index (κ1) is 7.59. The summed E-state index contributed by atoms with van der Waals surface area (Å²) in [5.74, 6) is 5.70. The second kappa shape index (κ2) is 3.05. The maximum absolute atomic E-state index is 8.85. The van der Waals surface area contributed by atoms with Crippen molar-refractivity contribution in [3.8, 4) is 11.8 Å². The molecule has 56 valence electrons. The molecule has 0 aromatic carbocycles. The normalized spacial score (nSPS) is 19.4. The molecule has 1 rings (SSSR count). The molecule has 0 radical (unpaired) electrons. The third kappa shape index (κ3) is 1.73. The predicted octanol–water partition coefficient (Wildman–Crippen LogP) is 0.124. The Kier molecular flexibility index (Phi) is 2.31. The van der Waals surface area contributed by atoms with Crippen molar-refractivity contribution in [2.45, 2.75) is 25.3 Å². The van der Waals surface area contributed by atoms with Gasteiger partial charge in [0.25, 0.3) is 0 Å². The molecule has 1 aliphatic rings. The SMILES string of the molecule is CC#CCNC1(CO)CC1. The molecule has 0 amide bonds. The Labute approximate surface area is 61.6 Å². The molecule has 1 saturated carbocycles. The van der Waals surface area contributed by atoms with Crippen LogP contribution in [0.25, 0.3) is 0 Å². The first-order valence-electron chi connectivity index (χ1n) is 3.58. The Balaban J connectivity index is 2.16. The van der Waals surface area contributed by atoms with Crippen molar-refractivity contribution >= 4 is 0 Å². The fraction of sp³-hybridized carbons (Fsp3) is 0.750. The van der Waals surface area contributed by atoms with Crippen molar-refractivity contribution in [2.24, 2.45) is 0 Å². The van der Waals surface area contributed by atoms with E-state index in [0.717, 1.165) is 12.8 Å². The third-order valence-electron chi connectivity index (χ3n) is 1.88. The summed E-state index contributed by atoms with van der Waals surface area (Å²) in [5.41, 5.74) is 0.0455. The highest BCUT2D eigenvalue weighted by atomic mass is 16.3. The molecule has 0 unspecified atom stereocenters. The van der Waals surface area contributed by atoms with Gasteiger partial charge in [0.15, 0.2) is 0 Å². The van der Waals surface area contributed by atoms with Gasteiger partial charge in [-0.2, -0.15) is 0 Å². The molecule has 0 spiro atoms. The molecule has 0 saturated heterocycles. The lowest BCUT2D eigenvalue weighted by Crippen LogP contribution is -2.34. The molecule has 0 aromatic rings. The van der Waals surface area contributed by atoms with Crippen molar-refractivity contribution in [1.29, 1.82) is 0 Å². The molecule has 0 atom stereocenters. The molecule has 0 aliphatic heterocycles. The molecule has 2 heteroatoms. The first-order chi connectivity index (χ1) is 4.83. The minimum absolute atomic E-state index is 0.0455. The first-order valence-corrected chi connectivity index (χ1v) is 3.58. The lowest BCUT2D eigenvalue weighted by molar-refractivity contribution is 0.235. The van der Waals surface area contributed by atoms with E-state index in [1.165, 1.54) is 0 Å². The van der Waals surface area contributed by atoms with Gasteiger partial charge in [0, 0.05) is 5.54 Å². The van der Waals surface area contributed by atoms with Crippen LogP contribution >= 0.6 is 0 Å². The highest BCUT2D eigenvalue weighted by molar-refractivity contribution is 5.06. The van der Waals surface area contributed by atoms with Crippen molar-refractivity contribution in [1.82, 2.24) is 5.32 Å². The summed E-state index contributed by atoms with van der Waals surface area (Å²) in [6.07, 6.45) is 2.18. The van der Waals surface area contributed by atoms with Crippen LogP contribution in [-0.4, -0.2) is 23.8 Å². The zero-order valence-corrected chi connectivity index (χ0v) is 6.28. The van der Waals surface area contributed by atoms with Crippen molar-refractivity contribution in [3.63, 3.8) is 0 Å². The van der Waals surface area contributed by atoms with E-state index in [1.54, 1.807) is 0 Å². The van der Waals surface area contributed by atoms with E-state index in [4.69, 9.17) is 5.11 Å². The summed E-state index contributed by atoms with van der Waals surface area (Å²) < 4.78 is 0. The van der Waals surface area contributed by atoms with Gasteiger partial charge in [-0.1, -0.05) is 5.92 Å². The van der Waals surface area contributed by atoms with Crippen LogP contribution in [0, 0.1) is 11.8 Å². The van der Waals surface area contributed by atoms with Gasteiger partial charge in [-0.3, -0.25) is 5.32 Å². The maximum Gasteiger partial charge on any atom is 0.0613 e. The largest absolute Gasteiger partial charge is 0.394 e. The lowest BCUT2D eigenvalue weighted by atomic mass is 10.3. The average molecular weight is 139 g/mol. The maximum atomic E-state index is 8.85. The van der Waals surface area contributed by atoms with Gasteiger partial charge in [0.1, 0.15) is 0 Å². The number of hydrogen-bond acceptors (Lipinski definition) is 2. The fourth-order valence-electron chi connectivity index (χ4n) is 0.862. The number of aliphatic hydroxyl groups excluding tert-OH is 1. The van der Waals surface area contributed by atoms with Crippen LogP contribution in [0.3, 0.4) is 0 Å². The number of hydrogen-bond donors (Lipinski definition) is 2. The van der Waals surface area contributed by atoms with Crippen LogP contribution in [0.15, 0.2) is 0 Å². The van der Waals surface area contributed by atoms with Crippen LogP contribution in [0.2, 0.25) is 0 Å². The van der Waals surface area contributed by atoms with Gasteiger partial charge in [-0.05, 0) is 19.8 Å². The number of aliphatic hydroxyl groups is 1. The zero-order chi connectivity index (χ0) is 7.45. The molecule has 0 aromatic heterocycles. The Hall–Kier alpha value is -0.520. The van der Waals surface area contributed by atoms with Gasteiger partial charge >= 0.3 is 0 Å². The van der Waals surface area contributed by atoms with Gasteiger partial charge in [-0.25, -0.2) is 0 Å². The molecule has 10 heavy (non-hydrogen) atoms. The van der Waals surface area contributed by atoms with Crippen LogP contribution in [-0.2, 0) is 0 Å². The van der Waals surface area contributed by atoms with Crippen LogP contribution in [0.1, 0.15) is 19.8 Å². The van der Waals surface area contributed by atoms with Gasteiger partial charge in [-0.15, -0.1) is 5.92 Å². The van der Waals surface area contributed by atoms with Gasteiger partial charge in [0.2, 0.25) is 0 Å². The monoisotopic (exact) mass is 139 g/mol. The van der Waals surface area contributed by atoms with E-state index in [1.807, 2.05) is 6.92 Å². The van der Waals surface area contributed by atoms with E-state index in [-0.39, 0.29) is 12.1 Å². The van der Waals surface area contributed by atoms with Crippen molar-refractivity contribution in [3.05, 3.63) is 0 Å². The molecular weight excluding hydrogens is 126 g/mol. The summed E-state index contributed by atoms with van der Waals surface area (Å²) in [6, 6.07) is 0. The zero-order valence-electron chi connectivity index (χ0n) is 6.28. The molecular formula is C8H13NO. The van der Waals surface area contributed by atoms with E-state index in [0.29, 0.717) is 6.54 Å². The predicted molar refractivity (Wildman–Crippen MR) is 40.5 cm³/mol. The minimum atomic E-state index is 0.0455. The number of rotatable bonds is 3. The Morgan fingerprint density at radius 1 is 1.60 bits per heavy atom. The summed E-state index contributed by atoms with van der Waals surface area (Å²) >= 11 is 0. The standard InChI is InChI=1S/C8H13NO/c1-2-3-6-9-8(7-10)4-5-8/h9-10H,4-7H2,1H3. The quantitative estimate of drug-likeness (QED) is 0.544. The second-order valence-electron chi connectivity index (χ2n) is 2.72. The molecule has 2 nitrogen and oxygen atoms in total.